The van der Waals surface area contributed by atoms with Gasteiger partial charge in [-0.05, 0) is 26.0 Å². The first kappa shape index (κ1) is 15.7. The summed E-state index contributed by atoms with van der Waals surface area (Å²) >= 11 is 11.8. The van der Waals surface area contributed by atoms with Crippen LogP contribution in [-0.4, -0.2) is 37.0 Å². The normalized spacial score (nSPS) is 13.1. The summed E-state index contributed by atoms with van der Waals surface area (Å²) in [6, 6.07) is 4.49. The highest BCUT2D eigenvalue weighted by Gasteiger charge is 2.35. The SMILES string of the molecule is CN(C(C)(C)CO)S(=O)(=O)c1c(Cl)cccc1Cl. The first-order valence-corrected chi connectivity index (χ1v) is 7.38. The Hall–Kier alpha value is -0.330. The topological polar surface area (TPSA) is 57.6 Å². The van der Waals surface area contributed by atoms with E-state index >= 15 is 0 Å². The fourth-order valence-electron chi connectivity index (χ4n) is 1.29. The number of nitrogens with zero attached hydrogens (tertiary/aromatic N) is 1. The van der Waals surface area contributed by atoms with Crippen molar-refractivity contribution in [3.8, 4) is 0 Å². The Morgan fingerprint density at radius 2 is 1.72 bits per heavy atom. The second-order valence-corrected chi connectivity index (χ2v) is 7.21. The van der Waals surface area contributed by atoms with Gasteiger partial charge < -0.3 is 5.11 Å². The van der Waals surface area contributed by atoms with Crippen LogP contribution >= 0.6 is 23.2 Å². The molecular weight excluding hydrogens is 297 g/mol. The van der Waals surface area contributed by atoms with Gasteiger partial charge in [-0.2, -0.15) is 4.31 Å². The molecule has 18 heavy (non-hydrogen) atoms. The lowest BCUT2D eigenvalue weighted by molar-refractivity contribution is 0.138. The van der Waals surface area contributed by atoms with Crippen LogP contribution < -0.4 is 0 Å². The number of likely N-dealkylation sites (N-methyl/N-ethyl adjacent to an activating group) is 1. The molecule has 7 heteroatoms. The van der Waals surface area contributed by atoms with Gasteiger partial charge in [0.1, 0.15) is 4.90 Å². The summed E-state index contributed by atoms with van der Waals surface area (Å²) in [5.41, 5.74) is -0.943. The van der Waals surface area contributed by atoms with E-state index in [1.807, 2.05) is 0 Å². The van der Waals surface area contributed by atoms with Gasteiger partial charge in [0.15, 0.2) is 0 Å². The molecule has 0 aliphatic rings. The van der Waals surface area contributed by atoms with E-state index in [0.29, 0.717) is 0 Å². The first-order valence-electron chi connectivity index (χ1n) is 5.18. The van der Waals surface area contributed by atoms with Gasteiger partial charge in [0.2, 0.25) is 10.0 Å². The number of aliphatic hydroxyl groups excluding tert-OH is 1. The Morgan fingerprint density at radius 1 is 1.28 bits per heavy atom. The van der Waals surface area contributed by atoms with Crippen LogP contribution in [0.3, 0.4) is 0 Å². The molecule has 0 amide bonds. The van der Waals surface area contributed by atoms with E-state index < -0.39 is 15.6 Å². The zero-order valence-corrected chi connectivity index (χ0v) is 12.6. The number of rotatable bonds is 4. The summed E-state index contributed by atoms with van der Waals surface area (Å²) in [5, 5.41) is 9.36. The zero-order chi connectivity index (χ0) is 14.1. The van der Waals surface area contributed by atoms with Crippen LogP contribution in [0.5, 0.6) is 0 Å². The number of aliphatic hydroxyl groups is 1. The van der Waals surface area contributed by atoms with Crippen molar-refractivity contribution < 1.29 is 13.5 Å². The Bertz CT molecular complexity index is 523. The van der Waals surface area contributed by atoms with Gasteiger partial charge in [-0.1, -0.05) is 29.3 Å². The Morgan fingerprint density at radius 3 is 2.11 bits per heavy atom. The average Bonchev–Trinajstić information content (AvgIpc) is 2.27. The van der Waals surface area contributed by atoms with Crippen molar-refractivity contribution in [1.29, 1.82) is 0 Å². The van der Waals surface area contributed by atoms with Crippen LogP contribution in [-0.2, 0) is 10.0 Å². The van der Waals surface area contributed by atoms with Crippen molar-refractivity contribution in [2.75, 3.05) is 13.7 Å². The molecule has 0 saturated heterocycles. The van der Waals surface area contributed by atoms with Crippen LogP contribution in [0.15, 0.2) is 23.1 Å². The van der Waals surface area contributed by atoms with Crippen LogP contribution in [0, 0.1) is 0 Å². The molecule has 0 unspecified atom stereocenters. The van der Waals surface area contributed by atoms with E-state index in [-0.39, 0.29) is 21.5 Å². The largest absolute Gasteiger partial charge is 0.394 e. The van der Waals surface area contributed by atoms with Crippen LogP contribution in [0.1, 0.15) is 13.8 Å². The van der Waals surface area contributed by atoms with Crippen LogP contribution in [0.4, 0.5) is 0 Å². The first-order chi connectivity index (χ1) is 8.14. The third kappa shape index (κ3) is 2.81. The summed E-state index contributed by atoms with van der Waals surface area (Å²) in [6.07, 6.45) is 0. The van der Waals surface area contributed by atoms with E-state index in [2.05, 4.69) is 0 Å². The van der Waals surface area contributed by atoms with Gasteiger partial charge in [0.05, 0.1) is 22.2 Å². The maximum atomic E-state index is 12.4. The van der Waals surface area contributed by atoms with E-state index in [1.54, 1.807) is 19.9 Å². The molecule has 1 rings (SSSR count). The summed E-state index contributed by atoms with van der Waals surface area (Å²) < 4.78 is 25.9. The number of hydrogen-bond acceptors (Lipinski definition) is 3. The van der Waals surface area contributed by atoms with Crippen LogP contribution in [0.2, 0.25) is 10.0 Å². The molecule has 102 valence electrons. The predicted octanol–water partition coefficient (Wildman–Crippen LogP) is 2.38. The van der Waals surface area contributed by atoms with E-state index in [0.717, 1.165) is 4.31 Å². The molecule has 1 aromatic rings. The van der Waals surface area contributed by atoms with Gasteiger partial charge in [-0.15, -0.1) is 0 Å². The molecule has 0 heterocycles. The molecule has 1 N–H and O–H groups in total. The van der Waals surface area contributed by atoms with Crippen molar-refractivity contribution in [2.24, 2.45) is 0 Å². The lowest BCUT2D eigenvalue weighted by Gasteiger charge is -2.33. The maximum Gasteiger partial charge on any atom is 0.246 e. The summed E-state index contributed by atoms with van der Waals surface area (Å²) in [4.78, 5) is -0.141. The molecule has 0 saturated carbocycles. The highest BCUT2D eigenvalue weighted by molar-refractivity contribution is 7.89. The van der Waals surface area contributed by atoms with Crippen molar-refractivity contribution in [3.05, 3.63) is 28.2 Å². The third-order valence-corrected chi connectivity index (χ3v) is 5.80. The predicted molar refractivity (Wildman–Crippen MR) is 72.6 cm³/mol. The minimum Gasteiger partial charge on any atom is -0.394 e. The molecule has 0 bridgehead atoms. The Balaban J connectivity index is 3.40. The van der Waals surface area contributed by atoms with Crippen molar-refractivity contribution >= 4 is 33.2 Å². The van der Waals surface area contributed by atoms with Gasteiger partial charge in [-0.25, -0.2) is 8.42 Å². The highest BCUT2D eigenvalue weighted by atomic mass is 35.5. The molecular formula is C11H15Cl2NO3S. The lowest BCUT2D eigenvalue weighted by Crippen LogP contribution is -2.47. The third-order valence-electron chi connectivity index (χ3n) is 2.78. The molecule has 0 aromatic heterocycles. The smallest absolute Gasteiger partial charge is 0.246 e. The van der Waals surface area contributed by atoms with Gasteiger partial charge in [-0.3, -0.25) is 0 Å². The number of benzene rings is 1. The second-order valence-electron chi connectivity index (χ2n) is 4.49. The van der Waals surface area contributed by atoms with Gasteiger partial charge in [0, 0.05) is 7.05 Å². The van der Waals surface area contributed by atoms with E-state index in [9.17, 15) is 13.5 Å². The molecule has 0 aliphatic heterocycles. The quantitative estimate of drug-likeness (QED) is 0.929. The summed E-state index contributed by atoms with van der Waals surface area (Å²) in [7, 11) is -2.48. The summed E-state index contributed by atoms with van der Waals surface area (Å²) in [5.74, 6) is 0. The minimum atomic E-state index is -3.86. The average molecular weight is 312 g/mol. The second kappa shape index (κ2) is 5.35. The fourth-order valence-corrected chi connectivity index (χ4v) is 3.88. The standard InChI is InChI=1S/C11H15Cl2NO3S/c1-11(2,7-15)14(3)18(16,17)10-8(12)5-4-6-9(10)13/h4-6,15H,7H2,1-3H3. The molecule has 1 aromatic carbocycles. The van der Waals surface area contributed by atoms with Crippen molar-refractivity contribution in [2.45, 2.75) is 24.3 Å². The van der Waals surface area contributed by atoms with Gasteiger partial charge >= 0.3 is 0 Å². The lowest BCUT2D eigenvalue weighted by atomic mass is 10.1. The van der Waals surface area contributed by atoms with Crippen LogP contribution in [0.25, 0.3) is 0 Å². The van der Waals surface area contributed by atoms with Crippen molar-refractivity contribution in [1.82, 2.24) is 4.31 Å². The molecule has 4 nitrogen and oxygen atoms in total. The maximum absolute atomic E-state index is 12.4. The zero-order valence-electron chi connectivity index (χ0n) is 10.3. The number of hydrogen-bond donors (Lipinski definition) is 1. The fraction of sp³-hybridized carbons (Fsp3) is 0.455. The molecule has 0 atom stereocenters. The Labute approximate surface area is 117 Å². The van der Waals surface area contributed by atoms with Crippen molar-refractivity contribution in [3.63, 3.8) is 0 Å². The van der Waals surface area contributed by atoms with Gasteiger partial charge in [0.25, 0.3) is 0 Å². The van der Waals surface area contributed by atoms with E-state index in [4.69, 9.17) is 23.2 Å². The van der Waals surface area contributed by atoms with E-state index in [1.165, 1.54) is 19.2 Å². The Kier molecular flexibility index (Phi) is 4.67. The molecule has 0 aliphatic carbocycles. The minimum absolute atomic E-state index is 0.0584. The monoisotopic (exact) mass is 311 g/mol. The highest BCUT2D eigenvalue weighted by Crippen LogP contribution is 2.33. The molecule has 0 fully saturated rings. The number of halogens is 2. The summed E-state index contributed by atoms with van der Waals surface area (Å²) in [6.45, 7) is 2.90. The molecule has 0 radical (unpaired) electrons. The number of sulfonamides is 1. The molecule has 0 spiro atoms.